The van der Waals surface area contributed by atoms with E-state index in [1.807, 2.05) is 20.8 Å². The van der Waals surface area contributed by atoms with Crippen molar-refractivity contribution in [1.82, 2.24) is 0 Å². The zero-order valence-corrected chi connectivity index (χ0v) is 9.62. The van der Waals surface area contributed by atoms with E-state index >= 15 is 0 Å². The molecule has 0 fully saturated rings. The molecule has 0 radical (unpaired) electrons. The van der Waals surface area contributed by atoms with Gasteiger partial charge in [-0.1, -0.05) is 24.0 Å². The first-order valence-electron chi connectivity index (χ1n) is 4.47. The lowest BCUT2D eigenvalue weighted by atomic mass is 9.86. The summed E-state index contributed by atoms with van der Waals surface area (Å²) in [5.74, 6) is 6.27. The molecule has 0 amide bonds. The maximum atomic E-state index is 5.21. The number of allylic oxidation sites excluding steroid dienone is 1. The zero-order chi connectivity index (χ0) is 10.7. The third-order valence-electron chi connectivity index (χ3n) is 2.25. The van der Waals surface area contributed by atoms with Gasteiger partial charge in [0, 0.05) is 12.5 Å². The smallest absolute Gasteiger partial charge is 0.122 e. The number of hydrogen-bond acceptors (Lipinski definition) is 1. The van der Waals surface area contributed by atoms with Crippen molar-refractivity contribution in [2.45, 2.75) is 40.2 Å². The van der Waals surface area contributed by atoms with Crippen LogP contribution in [0.5, 0.6) is 0 Å². The van der Waals surface area contributed by atoms with Gasteiger partial charge in [-0.15, -0.1) is 0 Å². The highest BCUT2D eigenvalue weighted by Crippen LogP contribution is 2.23. The number of ether oxygens (including phenoxy) is 1. The second kappa shape index (κ2) is 3.98. The Kier molecular flexibility index (Phi) is 3.75. The first kappa shape index (κ1) is 12.3. The Balaban J connectivity index is 4.68. The molecule has 0 aliphatic rings. The lowest BCUT2D eigenvalue weighted by Crippen LogP contribution is -2.21. The molecular formula is C12H20O. The van der Waals surface area contributed by atoms with Crippen LogP contribution in [0.2, 0.25) is 0 Å². The predicted octanol–water partition coefficient (Wildman–Crippen LogP) is 3.02. The van der Waals surface area contributed by atoms with Crippen molar-refractivity contribution < 1.29 is 4.74 Å². The highest BCUT2D eigenvalue weighted by molar-refractivity contribution is 5.25. The van der Waals surface area contributed by atoms with Crippen LogP contribution in [0.3, 0.4) is 0 Å². The number of rotatable bonds is 2. The molecule has 1 nitrogen and oxygen atoms in total. The molecular weight excluding hydrogens is 160 g/mol. The summed E-state index contributed by atoms with van der Waals surface area (Å²) in [5, 5.41) is 0. The average Bonchev–Trinajstić information content (AvgIpc) is 2.01. The minimum atomic E-state index is -0.368. The first-order chi connectivity index (χ1) is 5.71. The van der Waals surface area contributed by atoms with Crippen LogP contribution in [-0.4, -0.2) is 12.7 Å². The van der Waals surface area contributed by atoms with Crippen LogP contribution in [0.4, 0.5) is 0 Å². The van der Waals surface area contributed by atoms with Crippen LogP contribution in [0, 0.1) is 17.3 Å². The summed E-state index contributed by atoms with van der Waals surface area (Å²) in [5.41, 5.74) is 0.578. The van der Waals surface area contributed by atoms with E-state index in [1.54, 1.807) is 7.11 Å². The van der Waals surface area contributed by atoms with E-state index in [0.717, 1.165) is 5.57 Å². The van der Waals surface area contributed by atoms with Crippen LogP contribution < -0.4 is 0 Å². The second-order valence-corrected chi connectivity index (χ2v) is 4.37. The van der Waals surface area contributed by atoms with Gasteiger partial charge in [-0.25, -0.2) is 0 Å². The Hall–Kier alpha value is -0.740. The largest absolute Gasteiger partial charge is 0.366 e. The van der Waals surface area contributed by atoms with Gasteiger partial charge in [-0.2, -0.15) is 0 Å². The molecule has 1 heteroatoms. The second-order valence-electron chi connectivity index (χ2n) is 4.37. The monoisotopic (exact) mass is 180 g/mol. The van der Waals surface area contributed by atoms with Crippen molar-refractivity contribution in [3.63, 3.8) is 0 Å². The van der Waals surface area contributed by atoms with Crippen molar-refractivity contribution in [1.29, 1.82) is 0 Å². The number of hydrogen-bond donors (Lipinski definition) is 0. The van der Waals surface area contributed by atoms with Crippen LogP contribution in [0.25, 0.3) is 0 Å². The van der Waals surface area contributed by atoms with E-state index in [-0.39, 0.29) is 11.0 Å². The van der Waals surface area contributed by atoms with Crippen LogP contribution in [-0.2, 0) is 4.74 Å². The Morgan fingerprint density at radius 1 is 1.15 bits per heavy atom. The maximum Gasteiger partial charge on any atom is 0.122 e. The van der Waals surface area contributed by atoms with Crippen molar-refractivity contribution >= 4 is 0 Å². The fraction of sp³-hybridized carbons (Fsp3) is 0.667. The van der Waals surface area contributed by atoms with Gasteiger partial charge >= 0.3 is 0 Å². The van der Waals surface area contributed by atoms with E-state index in [2.05, 4.69) is 32.3 Å². The molecule has 0 saturated carbocycles. The fourth-order valence-corrected chi connectivity index (χ4v) is 0.464. The topological polar surface area (TPSA) is 9.23 Å². The summed E-state index contributed by atoms with van der Waals surface area (Å²) in [6, 6.07) is 0. The molecule has 0 aromatic heterocycles. The van der Waals surface area contributed by atoms with E-state index in [4.69, 9.17) is 4.74 Å². The predicted molar refractivity (Wildman–Crippen MR) is 57.5 cm³/mol. The van der Waals surface area contributed by atoms with Crippen LogP contribution in [0.15, 0.2) is 12.2 Å². The molecule has 0 saturated heterocycles. The zero-order valence-electron chi connectivity index (χ0n) is 9.62. The highest BCUT2D eigenvalue weighted by atomic mass is 16.5. The third-order valence-corrected chi connectivity index (χ3v) is 2.25. The number of methoxy groups -OCH3 is 1. The molecule has 0 aliphatic carbocycles. The van der Waals surface area contributed by atoms with Gasteiger partial charge in [-0.05, 0) is 34.6 Å². The van der Waals surface area contributed by atoms with E-state index < -0.39 is 0 Å². The Labute approximate surface area is 82.2 Å². The minimum Gasteiger partial charge on any atom is -0.366 e. The molecule has 0 heterocycles. The van der Waals surface area contributed by atoms with Crippen LogP contribution in [0.1, 0.15) is 34.6 Å². The molecule has 0 N–H and O–H groups in total. The molecule has 0 spiro atoms. The highest BCUT2D eigenvalue weighted by Gasteiger charge is 2.17. The fourth-order valence-electron chi connectivity index (χ4n) is 0.464. The summed E-state index contributed by atoms with van der Waals surface area (Å²) in [6.07, 6.45) is 0. The van der Waals surface area contributed by atoms with Crippen molar-refractivity contribution in [2.75, 3.05) is 7.11 Å². The van der Waals surface area contributed by atoms with Crippen LogP contribution >= 0.6 is 0 Å². The van der Waals surface area contributed by atoms with Gasteiger partial charge in [0.2, 0.25) is 0 Å². The first-order valence-corrected chi connectivity index (χ1v) is 4.47. The summed E-state index contributed by atoms with van der Waals surface area (Å²) in [6.45, 7) is 13.9. The SMILES string of the molecule is C=C(C)C(C)(C)C#CC(C)(C)OC. The molecule has 0 unspecified atom stereocenters. The van der Waals surface area contributed by atoms with E-state index in [0.29, 0.717) is 0 Å². The van der Waals surface area contributed by atoms with Gasteiger partial charge < -0.3 is 4.74 Å². The summed E-state index contributed by atoms with van der Waals surface area (Å²) < 4.78 is 5.21. The molecule has 0 aromatic carbocycles. The van der Waals surface area contributed by atoms with Crippen molar-refractivity contribution in [3.8, 4) is 11.8 Å². The Morgan fingerprint density at radius 2 is 1.62 bits per heavy atom. The molecule has 0 atom stereocenters. The standard InChI is InChI=1S/C12H20O/c1-10(2)11(3,4)8-9-12(5,6)13-7/h1H2,2-7H3. The van der Waals surface area contributed by atoms with Gasteiger partial charge in [0.15, 0.2) is 0 Å². The van der Waals surface area contributed by atoms with E-state index in [1.165, 1.54) is 0 Å². The molecule has 0 rings (SSSR count). The average molecular weight is 180 g/mol. The minimum absolute atomic E-state index is 0.129. The lowest BCUT2D eigenvalue weighted by Gasteiger charge is -2.20. The molecule has 0 aromatic rings. The van der Waals surface area contributed by atoms with Gasteiger partial charge in [0.25, 0.3) is 0 Å². The van der Waals surface area contributed by atoms with Crippen molar-refractivity contribution in [3.05, 3.63) is 12.2 Å². The molecule has 74 valence electrons. The van der Waals surface area contributed by atoms with Gasteiger partial charge in [0.05, 0.1) is 0 Å². The quantitative estimate of drug-likeness (QED) is 0.469. The normalized spacial score (nSPS) is 11.8. The summed E-state index contributed by atoms with van der Waals surface area (Å²) in [7, 11) is 1.67. The molecule has 0 bridgehead atoms. The Bertz CT molecular complexity index is 248. The molecule has 0 aliphatic heterocycles. The third kappa shape index (κ3) is 4.15. The molecule has 13 heavy (non-hydrogen) atoms. The summed E-state index contributed by atoms with van der Waals surface area (Å²) >= 11 is 0. The van der Waals surface area contributed by atoms with Gasteiger partial charge in [-0.3, -0.25) is 0 Å². The van der Waals surface area contributed by atoms with Gasteiger partial charge in [0.1, 0.15) is 5.60 Å². The van der Waals surface area contributed by atoms with E-state index in [9.17, 15) is 0 Å². The Morgan fingerprint density at radius 3 is 1.92 bits per heavy atom. The van der Waals surface area contributed by atoms with Crippen molar-refractivity contribution in [2.24, 2.45) is 5.41 Å². The summed E-state index contributed by atoms with van der Waals surface area (Å²) in [4.78, 5) is 0. The lowest BCUT2D eigenvalue weighted by molar-refractivity contribution is 0.0739. The maximum absolute atomic E-state index is 5.21.